The van der Waals surface area contributed by atoms with Gasteiger partial charge in [0.15, 0.2) is 0 Å². The molecule has 0 radical (unpaired) electrons. The second kappa shape index (κ2) is 5.09. The lowest BCUT2D eigenvalue weighted by Gasteiger charge is -2.30. The Morgan fingerprint density at radius 3 is 2.76 bits per heavy atom. The van der Waals surface area contributed by atoms with Crippen LogP contribution in [-0.4, -0.2) is 13.2 Å². The number of ether oxygens (including phenoxy) is 1. The number of fused-ring (bicyclic) bond motifs is 1. The zero-order valence-electron chi connectivity index (χ0n) is 11.4. The molecule has 0 bridgehead atoms. The second-order valence-electron chi connectivity index (χ2n) is 5.02. The average Bonchev–Trinajstić information content (AvgIpc) is 2.33. The minimum atomic E-state index is 0.470. The topological polar surface area (TPSA) is 21.3 Å². The van der Waals surface area contributed by atoms with Gasteiger partial charge in [-0.05, 0) is 50.4 Å². The minimum Gasteiger partial charge on any atom is -0.493 e. The summed E-state index contributed by atoms with van der Waals surface area (Å²) in [6.07, 6.45) is 2.26. The maximum Gasteiger partial charge on any atom is 0.127 e. The summed E-state index contributed by atoms with van der Waals surface area (Å²) in [6.45, 7) is 10.6. The van der Waals surface area contributed by atoms with Crippen molar-refractivity contribution in [1.82, 2.24) is 5.32 Å². The van der Waals surface area contributed by atoms with E-state index in [1.54, 1.807) is 0 Å². The summed E-state index contributed by atoms with van der Waals surface area (Å²) in [7, 11) is 0. The third kappa shape index (κ3) is 2.32. The summed E-state index contributed by atoms with van der Waals surface area (Å²) in [4.78, 5) is 0. The lowest BCUT2D eigenvalue weighted by molar-refractivity contribution is 0.250. The van der Waals surface area contributed by atoms with Crippen LogP contribution in [0.15, 0.2) is 6.07 Å². The van der Waals surface area contributed by atoms with Crippen LogP contribution in [0.5, 0.6) is 5.75 Å². The van der Waals surface area contributed by atoms with Gasteiger partial charge in [-0.1, -0.05) is 13.0 Å². The van der Waals surface area contributed by atoms with E-state index in [0.717, 1.165) is 25.3 Å². The number of rotatable bonds is 3. The van der Waals surface area contributed by atoms with Crippen molar-refractivity contribution >= 4 is 0 Å². The normalized spacial score (nSPS) is 18.7. The quantitative estimate of drug-likeness (QED) is 0.863. The Labute approximate surface area is 104 Å². The maximum absolute atomic E-state index is 5.89. The van der Waals surface area contributed by atoms with Gasteiger partial charge in [-0.2, -0.15) is 0 Å². The van der Waals surface area contributed by atoms with Gasteiger partial charge < -0.3 is 10.1 Å². The van der Waals surface area contributed by atoms with Crippen molar-refractivity contribution in [1.29, 1.82) is 0 Å². The molecule has 0 aliphatic carbocycles. The van der Waals surface area contributed by atoms with Crippen LogP contribution >= 0.6 is 0 Å². The molecule has 1 heterocycles. The van der Waals surface area contributed by atoms with Gasteiger partial charge in [0.2, 0.25) is 0 Å². The van der Waals surface area contributed by atoms with Crippen molar-refractivity contribution in [3.8, 4) is 5.75 Å². The molecule has 0 aromatic heterocycles. The second-order valence-corrected chi connectivity index (χ2v) is 5.02. The summed E-state index contributed by atoms with van der Waals surface area (Å²) in [6, 6.07) is 2.75. The fraction of sp³-hybridized carbons (Fsp3) is 0.600. The molecule has 0 saturated carbocycles. The first-order chi connectivity index (χ1) is 8.15. The molecule has 2 heteroatoms. The van der Waals surface area contributed by atoms with E-state index >= 15 is 0 Å². The predicted octanol–water partition coefficient (Wildman–Crippen LogP) is 3.44. The molecule has 0 spiro atoms. The zero-order valence-corrected chi connectivity index (χ0v) is 11.4. The molecule has 1 aliphatic rings. The Kier molecular flexibility index (Phi) is 3.72. The van der Waals surface area contributed by atoms with Crippen molar-refractivity contribution < 1.29 is 4.74 Å². The Morgan fingerprint density at radius 1 is 1.29 bits per heavy atom. The molecule has 1 aromatic rings. The van der Waals surface area contributed by atoms with E-state index < -0.39 is 0 Å². The number of hydrogen-bond donors (Lipinski definition) is 1. The van der Waals surface area contributed by atoms with E-state index in [2.05, 4.69) is 39.1 Å². The highest BCUT2D eigenvalue weighted by Gasteiger charge is 2.24. The van der Waals surface area contributed by atoms with Crippen LogP contribution in [0.1, 0.15) is 48.1 Å². The average molecular weight is 233 g/mol. The van der Waals surface area contributed by atoms with Crippen LogP contribution in [0, 0.1) is 20.8 Å². The van der Waals surface area contributed by atoms with Gasteiger partial charge in [0.05, 0.1) is 6.61 Å². The Morgan fingerprint density at radius 2 is 2.06 bits per heavy atom. The summed E-state index contributed by atoms with van der Waals surface area (Å²) in [5.41, 5.74) is 5.37. The first kappa shape index (κ1) is 12.4. The van der Waals surface area contributed by atoms with Crippen LogP contribution in [0.3, 0.4) is 0 Å². The fourth-order valence-corrected chi connectivity index (χ4v) is 2.64. The molecule has 94 valence electrons. The maximum atomic E-state index is 5.89. The molecule has 1 N–H and O–H groups in total. The molecule has 1 aliphatic heterocycles. The van der Waals surface area contributed by atoms with Crippen molar-refractivity contribution in [3.05, 3.63) is 28.3 Å². The largest absolute Gasteiger partial charge is 0.493 e. The summed E-state index contributed by atoms with van der Waals surface area (Å²) in [5.74, 6) is 1.13. The predicted molar refractivity (Wildman–Crippen MR) is 71.8 cm³/mol. The molecule has 1 unspecified atom stereocenters. The molecule has 0 fully saturated rings. The number of benzene rings is 1. The van der Waals surface area contributed by atoms with E-state index in [0.29, 0.717) is 6.04 Å². The van der Waals surface area contributed by atoms with Crippen LogP contribution in [0.25, 0.3) is 0 Å². The van der Waals surface area contributed by atoms with Gasteiger partial charge in [-0.25, -0.2) is 0 Å². The highest BCUT2D eigenvalue weighted by atomic mass is 16.5. The van der Waals surface area contributed by atoms with Crippen LogP contribution in [0.4, 0.5) is 0 Å². The highest BCUT2D eigenvalue weighted by Crippen LogP contribution is 2.38. The fourth-order valence-electron chi connectivity index (χ4n) is 2.64. The standard InChI is InChI=1S/C15H23NO/c1-5-7-16-13-6-8-17-15-12(4)10(2)9-11(3)14(13)15/h9,13,16H,5-8H2,1-4H3. The van der Waals surface area contributed by atoms with Crippen molar-refractivity contribution in [3.63, 3.8) is 0 Å². The summed E-state index contributed by atoms with van der Waals surface area (Å²) < 4.78 is 5.89. The van der Waals surface area contributed by atoms with Crippen LogP contribution in [0.2, 0.25) is 0 Å². The van der Waals surface area contributed by atoms with Gasteiger partial charge in [0.1, 0.15) is 5.75 Å². The van der Waals surface area contributed by atoms with E-state index in [1.807, 2.05) is 0 Å². The Hall–Kier alpha value is -1.02. The van der Waals surface area contributed by atoms with Gasteiger partial charge in [-0.3, -0.25) is 0 Å². The van der Waals surface area contributed by atoms with E-state index in [9.17, 15) is 0 Å². The highest BCUT2D eigenvalue weighted by molar-refractivity contribution is 5.52. The smallest absolute Gasteiger partial charge is 0.127 e. The zero-order chi connectivity index (χ0) is 12.4. The monoisotopic (exact) mass is 233 g/mol. The SMILES string of the molecule is CCCNC1CCOc2c(C)c(C)cc(C)c21. The lowest BCUT2D eigenvalue weighted by Crippen LogP contribution is -2.29. The lowest BCUT2D eigenvalue weighted by atomic mass is 9.91. The van der Waals surface area contributed by atoms with Crippen LogP contribution in [-0.2, 0) is 0 Å². The number of aryl methyl sites for hydroxylation is 2. The minimum absolute atomic E-state index is 0.470. The van der Waals surface area contributed by atoms with Crippen molar-refractivity contribution in [2.24, 2.45) is 0 Å². The molecule has 17 heavy (non-hydrogen) atoms. The molecular formula is C15H23NO. The number of hydrogen-bond acceptors (Lipinski definition) is 2. The molecular weight excluding hydrogens is 210 g/mol. The van der Waals surface area contributed by atoms with Gasteiger partial charge in [-0.15, -0.1) is 0 Å². The molecule has 0 saturated heterocycles. The molecule has 2 nitrogen and oxygen atoms in total. The molecule has 1 atom stereocenters. The molecule has 0 amide bonds. The molecule has 1 aromatic carbocycles. The third-order valence-corrected chi connectivity index (χ3v) is 3.68. The Bertz CT molecular complexity index is 412. The number of nitrogens with one attached hydrogen (secondary N) is 1. The van der Waals surface area contributed by atoms with Crippen molar-refractivity contribution in [2.45, 2.75) is 46.6 Å². The van der Waals surface area contributed by atoms with Crippen molar-refractivity contribution in [2.75, 3.05) is 13.2 Å². The summed E-state index contributed by atoms with van der Waals surface area (Å²) in [5, 5.41) is 3.63. The van der Waals surface area contributed by atoms with Crippen LogP contribution < -0.4 is 10.1 Å². The third-order valence-electron chi connectivity index (χ3n) is 3.68. The van der Waals surface area contributed by atoms with Gasteiger partial charge in [0, 0.05) is 18.0 Å². The van der Waals surface area contributed by atoms with Gasteiger partial charge >= 0.3 is 0 Å². The Balaban J connectivity index is 2.40. The van der Waals surface area contributed by atoms with E-state index in [-0.39, 0.29) is 0 Å². The first-order valence-corrected chi connectivity index (χ1v) is 6.62. The summed E-state index contributed by atoms with van der Waals surface area (Å²) >= 11 is 0. The van der Waals surface area contributed by atoms with E-state index in [1.165, 1.54) is 28.7 Å². The van der Waals surface area contributed by atoms with E-state index in [4.69, 9.17) is 4.74 Å². The van der Waals surface area contributed by atoms with Gasteiger partial charge in [0.25, 0.3) is 0 Å². The molecule has 2 rings (SSSR count). The first-order valence-electron chi connectivity index (χ1n) is 6.62.